The molecule has 0 amide bonds. The van der Waals surface area contributed by atoms with Crippen LogP contribution in [0.25, 0.3) is 0 Å². The Morgan fingerprint density at radius 2 is 2.00 bits per heavy atom. The monoisotopic (exact) mass is 209 g/mol. The molecule has 0 aliphatic heterocycles. The van der Waals surface area contributed by atoms with Crippen molar-refractivity contribution in [3.8, 4) is 0 Å². The molecule has 2 heteroatoms. The Labute approximate surface area is 93.1 Å². The Bertz CT molecular complexity index is 296. The predicted octanol–water partition coefficient (Wildman–Crippen LogP) is 4.27. The standard InChI is InChI=1S/C13H23NO/c1-6-8-10(7-2)11-9-14-12(15-11)13(3,4)5/h9-10H,6-8H2,1-5H3. The number of nitrogens with zero attached hydrogens (tertiary/aromatic N) is 1. The van der Waals surface area contributed by atoms with E-state index in [4.69, 9.17) is 4.42 Å². The first kappa shape index (κ1) is 12.3. The van der Waals surface area contributed by atoms with Crippen LogP contribution in [0.5, 0.6) is 0 Å². The topological polar surface area (TPSA) is 26.0 Å². The molecule has 1 unspecified atom stereocenters. The van der Waals surface area contributed by atoms with Crippen molar-refractivity contribution < 1.29 is 4.42 Å². The molecule has 1 atom stereocenters. The van der Waals surface area contributed by atoms with Gasteiger partial charge >= 0.3 is 0 Å². The van der Waals surface area contributed by atoms with Crippen molar-refractivity contribution in [2.24, 2.45) is 0 Å². The highest BCUT2D eigenvalue weighted by Gasteiger charge is 2.22. The summed E-state index contributed by atoms with van der Waals surface area (Å²) in [6.07, 6.45) is 5.43. The predicted molar refractivity (Wildman–Crippen MR) is 63.1 cm³/mol. The largest absolute Gasteiger partial charge is 0.445 e. The van der Waals surface area contributed by atoms with Gasteiger partial charge < -0.3 is 4.42 Å². The lowest BCUT2D eigenvalue weighted by atomic mass is 9.97. The number of aromatic nitrogens is 1. The van der Waals surface area contributed by atoms with Gasteiger partial charge in [-0.1, -0.05) is 41.0 Å². The van der Waals surface area contributed by atoms with Crippen molar-refractivity contribution in [3.05, 3.63) is 17.8 Å². The Balaban J connectivity index is 2.82. The van der Waals surface area contributed by atoms with Crippen molar-refractivity contribution in [3.63, 3.8) is 0 Å². The third kappa shape index (κ3) is 3.08. The van der Waals surface area contributed by atoms with E-state index in [0.717, 1.165) is 18.1 Å². The molecule has 0 saturated carbocycles. The van der Waals surface area contributed by atoms with Crippen LogP contribution in [0.4, 0.5) is 0 Å². The van der Waals surface area contributed by atoms with Crippen LogP contribution >= 0.6 is 0 Å². The van der Waals surface area contributed by atoms with Crippen molar-refractivity contribution in [2.75, 3.05) is 0 Å². The lowest BCUT2D eigenvalue weighted by Gasteiger charge is -2.14. The van der Waals surface area contributed by atoms with Gasteiger partial charge in [-0.3, -0.25) is 0 Å². The first-order chi connectivity index (χ1) is 6.99. The molecule has 1 rings (SSSR count). The maximum Gasteiger partial charge on any atom is 0.199 e. The van der Waals surface area contributed by atoms with E-state index in [1.54, 1.807) is 0 Å². The first-order valence-corrected chi connectivity index (χ1v) is 5.95. The van der Waals surface area contributed by atoms with Crippen molar-refractivity contribution in [1.29, 1.82) is 0 Å². The second-order valence-corrected chi connectivity index (χ2v) is 5.21. The molecule has 86 valence electrons. The Hall–Kier alpha value is -0.790. The summed E-state index contributed by atoms with van der Waals surface area (Å²) in [6.45, 7) is 10.8. The van der Waals surface area contributed by atoms with Gasteiger partial charge in [-0.05, 0) is 12.8 Å². The highest BCUT2D eigenvalue weighted by atomic mass is 16.4. The van der Waals surface area contributed by atoms with Crippen LogP contribution in [0, 0.1) is 0 Å². The summed E-state index contributed by atoms with van der Waals surface area (Å²) < 4.78 is 5.84. The summed E-state index contributed by atoms with van der Waals surface area (Å²) in [7, 11) is 0. The minimum absolute atomic E-state index is 0.0166. The van der Waals surface area contributed by atoms with E-state index in [0.29, 0.717) is 5.92 Å². The highest BCUT2D eigenvalue weighted by molar-refractivity contribution is 5.06. The molecule has 0 saturated heterocycles. The molecule has 0 spiro atoms. The van der Waals surface area contributed by atoms with Crippen molar-refractivity contribution in [2.45, 2.75) is 65.2 Å². The zero-order chi connectivity index (χ0) is 11.5. The van der Waals surface area contributed by atoms with Crippen LogP contribution in [0.1, 0.15) is 71.5 Å². The van der Waals surface area contributed by atoms with Crippen molar-refractivity contribution in [1.82, 2.24) is 4.98 Å². The summed E-state index contributed by atoms with van der Waals surface area (Å²) in [5.41, 5.74) is 0.0166. The fourth-order valence-corrected chi connectivity index (χ4v) is 1.72. The van der Waals surface area contributed by atoms with Crippen LogP contribution in [0.15, 0.2) is 10.6 Å². The average Bonchev–Trinajstić information content (AvgIpc) is 2.62. The van der Waals surface area contributed by atoms with E-state index in [9.17, 15) is 0 Å². The highest BCUT2D eigenvalue weighted by Crippen LogP contribution is 2.29. The summed E-state index contributed by atoms with van der Waals surface area (Å²) in [6, 6.07) is 0. The SMILES string of the molecule is CCCC(CC)c1cnc(C(C)(C)C)o1. The van der Waals surface area contributed by atoms with Gasteiger partial charge in [0.2, 0.25) is 0 Å². The minimum atomic E-state index is 0.0166. The fraction of sp³-hybridized carbons (Fsp3) is 0.769. The zero-order valence-corrected chi connectivity index (χ0v) is 10.6. The first-order valence-electron chi connectivity index (χ1n) is 5.95. The molecule has 2 nitrogen and oxygen atoms in total. The minimum Gasteiger partial charge on any atom is -0.445 e. The van der Waals surface area contributed by atoms with Gasteiger partial charge in [0.05, 0.1) is 6.20 Å². The van der Waals surface area contributed by atoms with E-state index in [-0.39, 0.29) is 5.41 Å². The molecule has 0 N–H and O–H groups in total. The van der Waals surface area contributed by atoms with Crippen molar-refractivity contribution >= 4 is 0 Å². The third-order valence-electron chi connectivity index (χ3n) is 2.70. The van der Waals surface area contributed by atoms with E-state index in [1.807, 2.05) is 6.20 Å². The van der Waals surface area contributed by atoms with Crippen LogP contribution in [0.2, 0.25) is 0 Å². The van der Waals surface area contributed by atoms with Gasteiger partial charge in [0.15, 0.2) is 5.89 Å². The lowest BCUT2D eigenvalue weighted by Crippen LogP contribution is -2.11. The fourth-order valence-electron chi connectivity index (χ4n) is 1.72. The van der Waals surface area contributed by atoms with Crippen LogP contribution in [0.3, 0.4) is 0 Å². The summed E-state index contributed by atoms with van der Waals surface area (Å²) in [4.78, 5) is 4.37. The summed E-state index contributed by atoms with van der Waals surface area (Å²) in [5, 5.41) is 0. The average molecular weight is 209 g/mol. The van der Waals surface area contributed by atoms with Gasteiger partial charge in [0.1, 0.15) is 5.76 Å². The molecule has 0 aliphatic rings. The molecule has 15 heavy (non-hydrogen) atoms. The van der Waals surface area contributed by atoms with Crippen LogP contribution < -0.4 is 0 Å². The molecular formula is C13H23NO. The quantitative estimate of drug-likeness (QED) is 0.740. The zero-order valence-electron chi connectivity index (χ0n) is 10.6. The maximum atomic E-state index is 5.84. The smallest absolute Gasteiger partial charge is 0.199 e. The second-order valence-electron chi connectivity index (χ2n) is 5.21. The normalized spacial score (nSPS) is 14.2. The van der Waals surface area contributed by atoms with Gasteiger partial charge in [-0.2, -0.15) is 0 Å². The maximum absolute atomic E-state index is 5.84. The van der Waals surface area contributed by atoms with Gasteiger partial charge in [-0.25, -0.2) is 4.98 Å². The molecular weight excluding hydrogens is 186 g/mol. The van der Waals surface area contributed by atoms with Crippen LogP contribution in [-0.2, 0) is 5.41 Å². The molecule has 1 aromatic heterocycles. The molecule has 0 aliphatic carbocycles. The Morgan fingerprint density at radius 1 is 1.33 bits per heavy atom. The molecule has 0 aromatic carbocycles. The lowest BCUT2D eigenvalue weighted by molar-refractivity contribution is 0.350. The number of oxazole rings is 1. The summed E-state index contributed by atoms with van der Waals surface area (Å²) in [5.74, 6) is 2.45. The molecule has 0 fully saturated rings. The van der Waals surface area contributed by atoms with Gasteiger partial charge in [0, 0.05) is 11.3 Å². The summed E-state index contributed by atoms with van der Waals surface area (Å²) >= 11 is 0. The van der Waals surface area contributed by atoms with Gasteiger partial charge in [-0.15, -0.1) is 0 Å². The van der Waals surface area contributed by atoms with E-state index in [1.165, 1.54) is 12.8 Å². The molecule has 0 radical (unpaired) electrons. The number of rotatable bonds is 4. The third-order valence-corrected chi connectivity index (χ3v) is 2.70. The second kappa shape index (κ2) is 4.82. The molecule has 1 aromatic rings. The van der Waals surface area contributed by atoms with Gasteiger partial charge in [0.25, 0.3) is 0 Å². The van der Waals surface area contributed by atoms with E-state index < -0.39 is 0 Å². The molecule has 0 bridgehead atoms. The van der Waals surface area contributed by atoms with Crippen LogP contribution in [-0.4, -0.2) is 4.98 Å². The van der Waals surface area contributed by atoms with E-state index >= 15 is 0 Å². The number of hydrogen-bond acceptors (Lipinski definition) is 2. The Kier molecular flexibility index (Phi) is 3.95. The number of hydrogen-bond donors (Lipinski definition) is 0. The molecule has 1 heterocycles. The van der Waals surface area contributed by atoms with E-state index in [2.05, 4.69) is 39.6 Å². The Morgan fingerprint density at radius 3 is 2.40 bits per heavy atom.